The quantitative estimate of drug-likeness (QED) is 0.776. The van der Waals surface area contributed by atoms with Gasteiger partial charge in [0.05, 0.1) is 21.2 Å². The molecule has 0 bridgehead atoms. The Hall–Kier alpha value is -1.99. The summed E-state index contributed by atoms with van der Waals surface area (Å²) in [6.45, 7) is 1.60. The number of nitrogens with zero attached hydrogens (tertiary/aromatic N) is 1. The Bertz CT molecular complexity index is 911. The number of hydrogen-bond acceptors (Lipinski definition) is 5. The molecule has 122 valence electrons. The van der Waals surface area contributed by atoms with Gasteiger partial charge in [-0.15, -0.1) is 0 Å². The van der Waals surface area contributed by atoms with Gasteiger partial charge in [-0.1, -0.05) is 19.1 Å². The summed E-state index contributed by atoms with van der Waals surface area (Å²) in [5.41, 5.74) is 1.37. The Kier molecular flexibility index (Phi) is 5.01. The molecule has 0 aliphatic heterocycles. The van der Waals surface area contributed by atoms with E-state index in [1.807, 2.05) is 0 Å². The van der Waals surface area contributed by atoms with Crippen LogP contribution in [0.25, 0.3) is 0 Å². The molecule has 5 nitrogen and oxygen atoms in total. The van der Waals surface area contributed by atoms with Crippen LogP contribution in [0.1, 0.15) is 12.5 Å². The lowest BCUT2D eigenvalue weighted by atomic mass is 10.2. The lowest BCUT2D eigenvalue weighted by Gasteiger charge is -2.01. The maximum absolute atomic E-state index is 11.7. The summed E-state index contributed by atoms with van der Waals surface area (Å²) >= 11 is 0. The van der Waals surface area contributed by atoms with Crippen molar-refractivity contribution in [3.63, 3.8) is 0 Å². The Morgan fingerprint density at radius 3 is 1.87 bits per heavy atom. The van der Waals surface area contributed by atoms with E-state index in [0.717, 1.165) is 11.8 Å². The van der Waals surface area contributed by atoms with E-state index < -0.39 is 19.7 Å². The first-order chi connectivity index (χ1) is 10.7. The SMILES string of the molecule is CCS(=O)(=O)c1ccc(C=Nc2ccc(S(C)(=O)=O)cc2)cc1. The smallest absolute Gasteiger partial charge is 0.178 e. The molecule has 0 fully saturated rings. The Morgan fingerprint density at radius 2 is 1.39 bits per heavy atom. The molecule has 2 rings (SSSR count). The summed E-state index contributed by atoms with van der Waals surface area (Å²) in [6, 6.07) is 12.7. The van der Waals surface area contributed by atoms with Gasteiger partial charge in [0.25, 0.3) is 0 Å². The van der Waals surface area contributed by atoms with Crippen LogP contribution in [0.3, 0.4) is 0 Å². The van der Waals surface area contributed by atoms with Crippen molar-refractivity contribution in [2.24, 2.45) is 4.99 Å². The summed E-state index contributed by atoms with van der Waals surface area (Å²) in [4.78, 5) is 4.77. The monoisotopic (exact) mass is 351 g/mol. The van der Waals surface area contributed by atoms with Crippen molar-refractivity contribution >= 4 is 31.6 Å². The minimum atomic E-state index is -3.22. The van der Waals surface area contributed by atoms with Gasteiger partial charge in [0, 0.05) is 12.5 Å². The van der Waals surface area contributed by atoms with E-state index in [2.05, 4.69) is 4.99 Å². The predicted molar refractivity (Wildman–Crippen MR) is 91.0 cm³/mol. The molecule has 0 aliphatic rings. The van der Waals surface area contributed by atoms with Crippen LogP contribution in [-0.2, 0) is 19.7 Å². The van der Waals surface area contributed by atoms with Crippen LogP contribution in [0.4, 0.5) is 5.69 Å². The van der Waals surface area contributed by atoms with Crippen molar-refractivity contribution < 1.29 is 16.8 Å². The molecule has 0 heterocycles. The van der Waals surface area contributed by atoms with E-state index in [0.29, 0.717) is 5.69 Å². The second-order valence-corrected chi connectivity index (χ2v) is 9.29. The van der Waals surface area contributed by atoms with Gasteiger partial charge in [-0.05, 0) is 42.0 Å². The third-order valence-corrected chi connectivity index (χ3v) is 6.13. The summed E-state index contributed by atoms with van der Waals surface area (Å²) in [6.07, 6.45) is 2.75. The summed E-state index contributed by atoms with van der Waals surface area (Å²) in [5, 5.41) is 0. The highest BCUT2D eigenvalue weighted by Crippen LogP contribution is 2.17. The van der Waals surface area contributed by atoms with Gasteiger partial charge in [-0.2, -0.15) is 0 Å². The third kappa shape index (κ3) is 4.49. The van der Waals surface area contributed by atoms with Crippen molar-refractivity contribution in [1.82, 2.24) is 0 Å². The van der Waals surface area contributed by atoms with Crippen LogP contribution in [0.2, 0.25) is 0 Å². The van der Waals surface area contributed by atoms with Crippen molar-refractivity contribution in [2.45, 2.75) is 16.7 Å². The topological polar surface area (TPSA) is 80.6 Å². The van der Waals surface area contributed by atoms with Gasteiger partial charge in [-0.3, -0.25) is 4.99 Å². The van der Waals surface area contributed by atoms with Crippen LogP contribution in [0, 0.1) is 0 Å². The van der Waals surface area contributed by atoms with Crippen LogP contribution in [-0.4, -0.2) is 35.1 Å². The van der Waals surface area contributed by atoms with Crippen molar-refractivity contribution in [2.75, 3.05) is 12.0 Å². The molecule has 0 N–H and O–H groups in total. The van der Waals surface area contributed by atoms with Gasteiger partial charge < -0.3 is 0 Å². The molecule has 2 aromatic rings. The Balaban J connectivity index is 2.17. The van der Waals surface area contributed by atoms with E-state index >= 15 is 0 Å². The zero-order valence-electron chi connectivity index (χ0n) is 12.8. The largest absolute Gasteiger partial charge is 0.256 e. The van der Waals surface area contributed by atoms with Crippen LogP contribution in [0.15, 0.2) is 63.3 Å². The fourth-order valence-electron chi connectivity index (χ4n) is 1.86. The molecule has 0 spiro atoms. The third-order valence-electron chi connectivity index (χ3n) is 3.25. The highest BCUT2D eigenvalue weighted by Gasteiger charge is 2.10. The highest BCUT2D eigenvalue weighted by atomic mass is 32.2. The van der Waals surface area contributed by atoms with Crippen LogP contribution in [0.5, 0.6) is 0 Å². The second kappa shape index (κ2) is 6.64. The first-order valence-electron chi connectivity index (χ1n) is 6.89. The Morgan fingerprint density at radius 1 is 0.870 bits per heavy atom. The van der Waals surface area contributed by atoms with Crippen molar-refractivity contribution in [3.8, 4) is 0 Å². The maximum atomic E-state index is 11.7. The summed E-state index contributed by atoms with van der Waals surface area (Å²) in [5.74, 6) is 0.0626. The minimum absolute atomic E-state index is 0.0626. The molecular formula is C16H17NO4S2. The lowest BCUT2D eigenvalue weighted by molar-refractivity contribution is 0.596. The molecule has 2 aromatic carbocycles. The standard InChI is InChI=1S/C16H17NO4S2/c1-3-23(20,21)16-8-4-13(5-9-16)12-17-14-6-10-15(11-7-14)22(2,18)19/h4-12H,3H2,1-2H3. The molecule has 0 aliphatic carbocycles. The number of hydrogen-bond donors (Lipinski definition) is 0. The fourth-order valence-corrected chi connectivity index (χ4v) is 3.37. The average molecular weight is 351 g/mol. The van der Waals surface area contributed by atoms with Gasteiger partial charge >= 0.3 is 0 Å². The normalized spacial score (nSPS) is 12.6. The number of sulfone groups is 2. The average Bonchev–Trinajstić information content (AvgIpc) is 2.53. The zero-order valence-corrected chi connectivity index (χ0v) is 14.4. The van der Waals surface area contributed by atoms with Crippen LogP contribution >= 0.6 is 0 Å². The second-order valence-electron chi connectivity index (χ2n) is 5.00. The first-order valence-corrected chi connectivity index (χ1v) is 10.4. The highest BCUT2D eigenvalue weighted by molar-refractivity contribution is 7.91. The molecule has 0 saturated carbocycles. The minimum Gasteiger partial charge on any atom is -0.256 e. The van der Waals surface area contributed by atoms with E-state index in [-0.39, 0.29) is 15.5 Å². The van der Waals surface area contributed by atoms with Crippen LogP contribution < -0.4 is 0 Å². The van der Waals surface area contributed by atoms with Gasteiger partial charge in [0.1, 0.15) is 0 Å². The lowest BCUT2D eigenvalue weighted by Crippen LogP contribution is -2.03. The van der Waals surface area contributed by atoms with Gasteiger partial charge in [-0.25, -0.2) is 16.8 Å². The number of rotatable bonds is 5. The fraction of sp³-hybridized carbons (Fsp3) is 0.188. The maximum Gasteiger partial charge on any atom is 0.178 e. The van der Waals surface area contributed by atoms with E-state index in [9.17, 15) is 16.8 Å². The molecule has 0 amide bonds. The Labute approximate surface area is 136 Å². The van der Waals surface area contributed by atoms with Crippen molar-refractivity contribution in [3.05, 3.63) is 54.1 Å². The summed E-state index contributed by atoms with van der Waals surface area (Å²) < 4.78 is 46.2. The molecule has 0 radical (unpaired) electrons. The van der Waals surface area contributed by atoms with Gasteiger partial charge in [0.2, 0.25) is 0 Å². The van der Waals surface area contributed by atoms with E-state index in [1.165, 1.54) is 12.1 Å². The number of aliphatic imine (C=N–C) groups is 1. The number of benzene rings is 2. The molecule has 0 atom stereocenters. The zero-order chi connectivity index (χ0) is 17.1. The molecule has 0 saturated heterocycles. The molecule has 7 heteroatoms. The summed E-state index contributed by atoms with van der Waals surface area (Å²) in [7, 11) is -6.42. The molecule has 23 heavy (non-hydrogen) atoms. The van der Waals surface area contributed by atoms with E-state index in [4.69, 9.17) is 0 Å². The molecule has 0 aromatic heterocycles. The van der Waals surface area contributed by atoms with Gasteiger partial charge in [0.15, 0.2) is 19.7 Å². The predicted octanol–water partition coefficient (Wildman–Crippen LogP) is 2.63. The van der Waals surface area contributed by atoms with Crippen molar-refractivity contribution in [1.29, 1.82) is 0 Å². The molecule has 0 unspecified atom stereocenters. The van der Waals surface area contributed by atoms with E-state index in [1.54, 1.807) is 49.5 Å². The molecular weight excluding hydrogens is 334 g/mol. The first kappa shape index (κ1) is 17.4.